The highest BCUT2D eigenvalue weighted by Gasteiger charge is 2.31. The van der Waals surface area contributed by atoms with E-state index in [1.807, 2.05) is 6.92 Å². The second kappa shape index (κ2) is 7.62. The van der Waals surface area contributed by atoms with Crippen molar-refractivity contribution in [3.63, 3.8) is 0 Å². The van der Waals surface area contributed by atoms with E-state index in [9.17, 15) is 9.90 Å². The number of unbranched alkanes of at least 4 members (excludes halogenated alkanes) is 1. The number of carbonyl (C=O) groups is 1. The van der Waals surface area contributed by atoms with E-state index in [1.165, 1.54) is 19.4 Å². The molecule has 0 radical (unpaired) electrons. The molecule has 3 N–H and O–H groups in total. The van der Waals surface area contributed by atoms with Crippen LogP contribution in [0.2, 0.25) is 0 Å². The summed E-state index contributed by atoms with van der Waals surface area (Å²) in [7, 11) is 1.27. The van der Waals surface area contributed by atoms with Gasteiger partial charge in [0.2, 0.25) is 0 Å². The number of methoxy groups -OCH3 is 1. The third-order valence-corrected chi connectivity index (χ3v) is 3.84. The zero-order chi connectivity index (χ0) is 19.4. The fraction of sp³-hybridized carbons (Fsp3) is 0.412. The van der Waals surface area contributed by atoms with E-state index in [0.717, 1.165) is 12.8 Å². The first-order chi connectivity index (χ1) is 12.9. The van der Waals surface area contributed by atoms with Crippen molar-refractivity contribution in [2.75, 3.05) is 19.5 Å². The van der Waals surface area contributed by atoms with E-state index in [-0.39, 0.29) is 34.8 Å². The number of aliphatic hydroxyl groups is 1. The highest BCUT2D eigenvalue weighted by molar-refractivity contribution is 5.87. The zero-order valence-electron chi connectivity index (χ0n) is 15.0. The number of rotatable bonds is 7. The second-order valence-corrected chi connectivity index (χ2v) is 5.98. The molecule has 0 spiro atoms. The molecule has 10 heteroatoms. The molecule has 10 nitrogen and oxygen atoms in total. The third kappa shape index (κ3) is 4.17. The van der Waals surface area contributed by atoms with Gasteiger partial charge in [-0.15, -0.1) is 0 Å². The van der Waals surface area contributed by atoms with Crippen molar-refractivity contribution in [2.24, 2.45) is 9.98 Å². The molecule has 0 saturated carbocycles. The molecule has 0 bridgehead atoms. The molecule has 0 aromatic carbocycles. The Morgan fingerprint density at radius 3 is 2.89 bits per heavy atom. The Balaban J connectivity index is 1.87. The molecule has 1 aliphatic heterocycles. The van der Waals surface area contributed by atoms with Gasteiger partial charge in [0.1, 0.15) is 11.1 Å². The lowest BCUT2D eigenvalue weighted by molar-refractivity contribution is 0.0562. The zero-order valence-corrected chi connectivity index (χ0v) is 15.0. The number of hydrogen-bond acceptors (Lipinski definition) is 10. The van der Waals surface area contributed by atoms with Gasteiger partial charge >= 0.3 is 12.0 Å². The van der Waals surface area contributed by atoms with Gasteiger partial charge < -0.3 is 20.3 Å². The number of hydrogen-bond donors (Lipinski definition) is 2. The van der Waals surface area contributed by atoms with Crippen LogP contribution in [0.25, 0.3) is 0 Å². The minimum absolute atomic E-state index is 0.00133. The van der Waals surface area contributed by atoms with Gasteiger partial charge in [-0.25, -0.2) is 19.8 Å². The van der Waals surface area contributed by atoms with Crippen molar-refractivity contribution in [1.82, 2.24) is 15.0 Å². The summed E-state index contributed by atoms with van der Waals surface area (Å²) in [4.78, 5) is 32.1. The molecule has 1 aliphatic rings. The average Bonchev–Trinajstić information content (AvgIpc) is 2.98. The molecule has 0 saturated heterocycles. The molecule has 142 valence electrons. The van der Waals surface area contributed by atoms with E-state index in [2.05, 4.69) is 29.7 Å². The van der Waals surface area contributed by atoms with Crippen LogP contribution >= 0.6 is 0 Å². The van der Waals surface area contributed by atoms with E-state index in [0.29, 0.717) is 12.2 Å². The van der Waals surface area contributed by atoms with E-state index >= 15 is 0 Å². The van der Waals surface area contributed by atoms with Crippen LogP contribution in [0.3, 0.4) is 0 Å². The SMILES string of the molecule is CCCCOc1nc(N)c2c(n1)=NC(O)(Cc1ccnc(C(=O)OC)c1)N=2. The molecular weight excluding hydrogens is 352 g/mol. The lowest BCUT2D eigenvalue weighted by atomic mass is 10.1. The van der Waals surface area contributed by atoms with Crippen molar-refractivity contribution in [2.45, 2.75) is 32.0 Å². The van der Waals surface area contributed by atoms with Crippen LogP contribution in [0, 0.1) is 0 Å². The van der Waals surface area contributed by atoms with Crippen molar-refractivity contribution in [3.8, 4) is 6.01 Å². The summed E-state index contributed by atoms with van der Waals surface area (Å²) in [5.41, 5.74) is 6.79. The molecule has 2 aromatic rings. The number of carbonyl (C=O) groups excluding carboxylic acids is 1. The van der Waals surface area contributed by atoms with Gasteiger partial charge in [-0.3, -0.25) is 0 Å². The molecular formula is C17H20N6O4. The van der Waals surface area contributed by atoms with Crippen LogP contribution in [-0.2, 0) is 11.2 Å². The smallest absolute Gasteiger partial charge is 0.356 e. The van der Waals surface area contributed by atoms with Crippen molar-refractivity contribution < 1.29 is 19.4 Å². The number of ether oxygens (including phenoxy) is 2. The number of fused-ring (bicyclic) bond motifs is 1. The highest BCUT2D eigenvalue weighted by atomic mass is 16.5. The molecule has 3 rings (SSSR count). The number of pyridine rings is 1. The lowest BCUT2D eigenvalue weighted by Gasteiger charge is -2.15. The number of anilines is 1. The Labute approximate surface area is 154 Å². The van der Waals surface area contributed by atoms with Crippen LogP contribution in [0.4, 0.5) is 5.82 Å². The molecule has 1 atom stereocenters. The van der Waals surface area contributed by atoms with Gasteiger partial charge in [-0.1, -0.05) is 13.3 Å². The quantitative estimate of drug-likeness (QED) is 0.491. The standard InChI is InChI=1S/C17H20N6O4/c1-3-4-7-27-16-20-13(18)12-14(21-16)23-17(25,22-12)9-10-5-6-19-11(8-10)15(24)26-2/h5-6,8,25H,3-4,7,9H2,1-2H3,(H2,18,20,21,23). The average molecular weight is 372 g/mol. The summed E-state index contributed by atoms with van der Waals surface area (Å²) in [6, 6.07) is 3.25. The first kappa shape index (κ1) is 18.6. The summed E-state index contributed by atoms with van der Waals surface area (Å²) in [6.07, 6.45) is 3.28. The largest absolute Gasteiger partial charge is 0.464 e. The second-order valence-electron chi connectivity index (χ2n) is 5.98. The number of nitrogen functional groups attached to an aromatic ring is 1. The lowest BCUT2D eigenvalue weighted by Crippen LogP contribution is -2.30. The number of aromatic nitrogens is 3. The first-order valence-corrected chi connectivity index (χ1v) is 8.46. The topological polar surface area (TPSA) is 145 Å². The summed E-state index contributed by atoms with van der Waals surface area (Å²) in [5, 5.41) is 11.0. The maximum atomic E-state index is 11.6. The molecule has 1 unspecified atom stereocenters. The molecule has 0 fully saturated rings. The van der Waals surface area contributed by atoms with Crippen LogP contribution in [0.5, 0.6) is 6.01 Å². The molecule has 0 amide bonds. The Morgan fingerprint density at radius 1 is 1.33 bits per heavy atom. The molecule has 27 heavy (non-hydrogen) atoms. The van der Waals surface area contributed by atoms with Crippen molar-refractivity contribution >= 4 is 11.8 Å². The Hall–Kier alpha value is -3.14. The van der Waals surface area contributed by atoms with Gasteiger partial charge in [0.15, 0.2) is 11.3 Å². The van der Waals surface area contributed by atoms with Gasteiger partial charge in [0, 0.05) is 12.6 Å². The van der Waals surface area contributed by atoms with Crippen LogP contribution in [0.15, 0.2) is 28.3 Å². The number of nitrogens with two attached hydrogens (primary N) is 1. The third-order valence-electron chi connectivity index (χ3n) is 3.84. The molecule has 3 heterocycles. The number of esters is 1. The normalized spacial score (nSPS) is 17.6. The Bertz CT molecular complexity index is 980. The number of nitrogens with zero attached hydrogens (tertiary/aromatic N) is 5. The van der Waals surface area contributed by atoms with Crippen molar-refractivity contribution in [3.05, 3.63) is 40.4 Å². The first-order valence-electron chi connectivity index (χ1n) is 8.46. The van der Waals surface area contributed by atoms with E-state index in [1.54, 1.807) is 6.07 Å². The van der Waals surface area contributed by atoms with Crippen LogP contribution < -0.4 is 21.3 Å². The van der Waals surface area contributed by atoms with Gasteiger partial charge in [-0.05, 0) is 24.1 Å². The Kier molecular flexibility index (Phi) is 5.26. The summed E-state index contributed by atoms with van der Waals surface area (Å²) in [5.74, 6) is -2.30. The van der Waals surface area contributed by atoms with Gasteiger partial charge in [-0.2, -0.15) is 9.97 Å². The fourth-order valence-corrected chi connectivity index (χ4v) is 2.52. The van der Waals surface area contributed by atoms with Crippen LogP contribution in [0.1, 0.15) is 35.8 Å². The summed E-state index contributed by atoms with van der Waals surface area (Å²) in [6.45, 7) is 2.50. The van der Waals surface area contributed by atoms with Gasteiger partial charge in [0.05, 0.1) is 13.7 Å². The molecule has 0 aliphatic carbocycles. The fourth-order valence-electron chi connectivity index (χ4n) is 2.52. The summed E-state index contributed by atoms with van der Waals surface area (Å²) >= 11 is 0. The van der Waals surface area contributed by atoms with Gasteiger partial charge in [0.25, 0.3) is 5.85 Å². The van der Waals surface area contributed by atoms with E-state index < -0.39 is 11.8 Å². The summed E-state index contributed by atoms with van der Waals surface area (Å²) < 4.78 is 10.1. The Morgan fingerprint density at radius 2 is 2.15 bits per heavy atom. The predicted octanol–water partition coefficient (Wildman–Crippen LogP) is -0.439. The van der Waals surface area contributed by atoms with Crippen molar-refractivity contribution in [1.29, 1.82) is 0 Å². The molecule has 2 aromatic heterocycles. The monoisotopic (exact) mass is 372 g/mol. The van der Waals surface area contributed by atoms with E-state index in [4.69, 9.17) is 10.5 Å². The van der Waals surface area contributed by atoms with Crippen LogP contribution in [-0.4, -0.2) is 45.6 Å². The maximum Gasteiger partial charge on any atom is 0.356 e. The minimum atomic E-state index is -1.80. The maximum absolute atomic E-state index is 11.6. The minimum Gasteiger partial charge on any atom is -0.464 e. The predicted molar refractivity (Wildman–Crippen MR) is 93.4 cm³/mol. The highest BCUT2D eigenvalue weighted by Crippen LogP contribution is 2.18.